The number of halogens is 1. The maximum Gasteiger partial charge on any atom is 0.0821 e. The second-order valence-corrected chi connectivity index (χ2v) is 9.29. The van der Waals surface area contributed by atoms with E-state index in [1.165, 1.54) is 44.5 Å². The van der Waals surface area contributed by atoms with Gasteiger partial charge in [-0.1, -0.05) is 29.8 Å². The summed E-state index contributed by atoms with van der Waals surface area (Å²) in [5.74, 6) is 1.42. The lowest BCUT2D eigenvalue weighted by atomic mass is 9.75. The molecule has 1 aromatic rings. The van der Waals surface area contributed by atoms with Crippen molar-refractivity contribution in [1.29, 1.82) is 0 Å². The van der Waals surface area contributed by atoms with Gasteiger partial charge in [-0.05, 0) is 63.0 Å². The molecular weight excluding hydrogens is 344 g/mol. The number of benzene rings is 1. The Morgan fingerprint density at radius 3 is 2.73 bits per heavy atom. The molecule has 1 fully saturated rings. The van der Waals surface area contributed by atoms with E-state index in [0.29, 0.717) is 5.92 Å². The molecule has 1 heterocycles. The summed E-state index contributed by atoms with van der Waals surface area (Å²) in [4.78, 5) is 1.54. The molecule has 2 rings (SSSR count). The molecule has 1 saturated heterocycles. The third kappa shape index (κ3) is 7.56. The first-order valence-electron chi connectivity index (χ1n) is 10.4. The average Bonchev–Trinajstić information content (AvgIpc) is 2.57. The lowest BCUT2D eigenvalue weighted by molar-refractivity contribution is -0.860. The summed E-state index contributed by atoms with van der Waals surface area (Å²) in [6, 6.07) is 8.36. The Balaban J connectivity index is 1.92. The summed E-state index contributed by atoms with van der Waals surface area (Å²) in [6.07, 6.45) is 5.99. The van der Waals surface area contributed by atoms with Crippen LogP contribution in [0.2, 0.25) is 5.02 Å². The van der Waals surface area contributed by atoms with Crippen LogP contribution in [0.1, 0.15) is 45.1 Å². The molecule has 0 spiro atoms. The molecular formula is C22H39ClN2O+2. The first-order chi connectivity index (χ1) is 12.4. The van der Waals surface area contributed by atoms with Crippen molar-refractivity contribution in [3.05, 3.63) is 34.9 Å². The maximum atomic E-state index is 6.46. The van der Waals surface area contributed by atoms with Crippen molar-refractivity contribution in [1.82, 2.24) is 0 Å². The molecule has 0 unspecified atom stereocenters. The molecule has 1 aliphatic heterocycles. The van der Waals surface area contributed by atoms with Gasteiger partial charge in [-0.25, -0.2) is 0 Å². The zero-order valence-electron chi connectivity index (χ0n) is 17.2. The lowest BCUT2D eigenvalue weighted by Crippen LogP contribution is -3.06. The smallest absolute Gasteiger partial charge is 0.0821 e. The zero-order valence-corrected chi connectivity index (χ0v) is 17.9. The molecule has 148 valence electrons. The van der Waals surface area contributed by atoms with Crippen molar-refractivity contribution in [3.8, 4) is 0 Å². The van der Waals surface area contributed by atoms with E-state index >= 15 is 0 Å². The van der Waals surface area contributed by atoms with Gasteiger partial charge in [0.2, 0.25) is 0 Å². The fourth-order valence-electron chi connectivity index (χ4n) is 4.21. The van der Waals surface area contributed by atoms with Gasteiger partial charge in [0.25, 0.3) is 0 Å². The van der Waals surface area contributed by atoms with Crippen molar-refractivity contribution >= 4 is 11.6 Å². The van der Waals surface area contributed by atoms with Crippen LogP contribution in [0.4, 0.5) is 0 Å². The van der Waals surface area contributed by atoms with Crippen LogP contribution in [0, 0.1) is 11.8 Å². The molecule has 3 nitrogen and oxygen atoms in total. The van der Waals surface area contributed by atoms with Crippen molar-refractivity contribution in [3.63, 3.8) is 0 Å². The minimum Gasteiger partial charge on any atom is -0.376 e. The number of nitrogens with one attached hydrogen (secondary N) is 1. The largest absolute Gasteiger partial charge is 0.376 e. The van der Waals surface area contributed by atoms with E-state index in [9.17, 15) is 0 Å². The van der Waals surface area contributed by atoms with E-state index in [1.54, 1.807) is 4.90 Å². The van der Waals surface area contributed by atoms with Crippen LogP contribution >= 0.6 is 11.6 Å². The van der Waals surface area contributed by atoms with Crippen LogP contribution in [0.25, 0.3) is 0 Å². The number of ether oxygens (including phenoxy) is 1. The van der Waals surface area contributed by atoms with Crippen LogP contribution in [0.3, 0.4) is 0 Å². The summed E-state index contributed by atoms with van der Waals surface area (Å²) in [6.45, 7) is 9.08. The summed E-state index contributed by atoms with van der Waals surface area (Å²) < 4.78 is 5.96. The van der Waals surface area contributed by atoms with Crippen LogP contribution in [-0.4, -0.2) is 45.9 Å². The Morgan fingerprint density at radius 2 is 2.04 bits per heavy atom. The second-order valence-electron chi connectivity index (χ2n) is 8.88. The Bertz CT molecular complexity index is 533. The quantitative estimate of drug-likeness (QED) is 0.597. The fourth-order valence-corrected chi connectivity index (χ4v) is 4.42. The second kappa shape index (κ2) is 10.7. The van der Waals surface area contributed by atoms with Gasteiger partial charge in [0.05, 0.1) is 39.3 Å². The SMILES string of the molecule is C[NH+](C)CCC[NH2+]CC[C@H](Cc1ccccc1Cl)[C@H]1CCOC(C)(C)C1. The molecule has 0 aromatic heterocycles. The molecule has 4 heteroatoms. The van der Waals surface area contributed by atoms with Gasteiger partial charge >= 0.3 is 0 Å². The Kier molecular flexibility index (Phi) is 8.89. The number of quaternary nitrogens is 2. The van der Waals surface area contributed by atoms with Crippen molar-refractivity contribution < 1.29 is 15.0 Å². The van der Waals surface area contributed by atoms with E-state index in [4.69, 9.17) is 16.3 Å². The standard InChI is InChI=1S/C22H37ClN2O/c1-22(2)17-20(11-15-26-22)18(10-13-24-12-7-14-25(3)4)16-19-8-5-6-9-21(19)23/h5-6,8-9,18,20,24H,7,10-17H2,1-4H3/p+2/t18-,20+/m1/s1. The van der Waals surface area contributed by atoms with Gasteiger partial charge in [-0.3, -0.25) is 0 Å². The molecule has 26 heavy (non-hydrogen) atoms. The van der Waals surface area contributed by atoms with E-state index in [1.807, 2.05) is 12.1 Å². The topological polar surface area (TPSA) is 30.3 Å². The highest BCUT2D eigenvalue weighted by Crippen LogP contribution is 2.36. The molecule has 0 saturated carbocycles. The Morgan fingerprint density at radius 1 is 1.27 bits per heavy atom. The zero-order chi connectivity index (χ0) is 19.0. The van der Waals surface area contributed by atoms with E-state index in [0.717, 1.165) is 30.4 Å². The van der Waals surface area contributed by atoms with E-state index < -0.39 is 0 Å². The lowest BCUT2D eigenvalue weighted by Gasteiger charge is -2.39. The fraction of sp³-hybridized carbons (Fsp3) is 0.727. The van der Waals surface area contributed by atoms with Crippen molar-refractivity contribution in [2.24, 2.45) is 11.8 Å². The monoisotopic (exact) mass is 382 g/mol. The van der Waals surface area contributed by atoms with Gasteiger partial charge in [-0.2, -0.15) is 0 Å². The minimum atomic E-state index is 0.0137. The minimum absolute atomic E-state index is 0.0137. The van der Waals surface area contributed by atoms with E-state index in [2.05, 4.69) is 45.4 Å². The third-order valence-corrected chi connectivity index (χ3v) is 6.04. The molecule has 1 aliphatic rings. The summed E-state index contributed by atoms with van der Waals surface area (Å²) in [5, 5.41) is 3.43. The first kappa shape index (κ1) is 21.7. The normalized spacial score (nSPS) is 21.1. The summed E-state index contributed by atoms with van der Waals surface area (Å²) >= 11 is 6.46. The van der Waals surface area contributed by atoms with Gasteiger partial charge in [0.15, 0.2) is 0 Å². The average molecular weight is 383 g/mol. The number of hydrogen-bond donors (Lipinski definition) is 2. The molecule has 0 radical (unpaired) electrons. The van der Waals surface area contributed by atoms with Crippen LogP contribution in [0.15, 0.2) is 24.3 Å². The highest BCUT2D eigenvalue weighted by molar-refractivity contribution is 6.31. The maximum absolute atomic E-state index is 6.46. The van der Waals surface area contributed by atoms with Gasteiger partial charge in [-0.15, -0.1) is 0 Å². The van der Waals surface area contributed by atoms with Crippen LogP contribution in [0.5, 0.6) is 0 Å². The van der Waals surface area contributed by atoms with Gasteiger partial charge < -0.3 is 15.0 Å². The molecule has 3 N–H and O–H groups in total. The summed E-state index contributed by atoms with van der Waals surface area (Å²) in [7, 11) is 4.46. The molecule has 0 aliphatic carbocycles. The Hall–Kier alpha value is -0.610. The molecule has 1 aromatic carbocycles. The Labute approximate surface area is 165 Å². The first-order valence-corrected chi connectivity index (χ1v) is 10.7. The number of hydrogen-bond acceptors (Lipinski definition) is 1. The predicted octanol–water partition coefficient (Wildman–Crippen LogP) is 2.19. The van der Waals surface area contributed by atoms with Gasteiger partial charge in [0, 0.05) is 18.1 Å². The van der Waals surface area contributed by atoms with Gasteiger partial charge in [0.1, 0.15) is 0 Å². The summed E-state index contributed by atoms with van der Waals surface area (Å²) in [5.41, 5.74) is 1.32. The number of rotatable bonds is 10. The molecule has 0 amide bonds. The highest BCUT2D eigenvalue weighted by atomic mass is 35.5. The van der Waals surface area contributed by atoms with Crippen molar-refractivity contribution in [2.75, 3.05) is 40.3 Å². The van der Waals surface area contributed by atoms with Crippen LogP contribution < -0.4 is 10.2 Å². The predicted molar refractivity (Wildman–Crippen MR) is 110 cm³/mol. The number of nitrogens with two attached hydrogens (primary N) is 1. The third-order valence-electron chi connectivity index (χ3n) is 5.67. The molecule has 0 bridgehead atoms. The van der Waals surface area contributed by atoms with E-state index in [-0.39, 0.29) is 5.60 Å². The highest BCUT2D eigenvalue weighted by Gasteiger charge is 2.33. The van der Waals surface area contributed by atoms with Crippen LogP contribution in [-0.2, 0) is 11.2 Å². The molecule has 2 atom stereocenters. The van der Waals surface area contributed by atoms with Crippen molar-refractivity contribution in [2.45, 2.75) is 51.6 Å².